The number of nitrogens with one attached hydrogen (secondary N) is 2. The second-order valence-electron chi connectivity index (χ2n) is 4.71. The van der Waals surface area contributed by atoms with Crippen molar-refractivity contribution < 1.29 is 9.59 Å². The van der Waals surface area contributed by atoms with E-state index in [9.17, 15) is 9.59 Å². The number of carbonyl (C=O) groups excluding carboxylic acids is 2. The van der Waals surface area contributed by atoms with Gasteiger partial charge in [0.15, 0.2) is 0 Å². The van der Waals surface area contributed by atoms with Gasteiger partial charge in [0.05, 0.1) is 6.42 Å². The summed E-state index contributed by atoms with van der Waals surface area (Å²) in [5.41, 5.74) is 2.16. The first-order valence-electron chi connectivity index (χ1n) is 6.25. The van der Waals surface area contributed by atoms with Crippen molar-refractivity contribution in [1.82, 2.24) is 10.6 Å². The molecule has 0 radical (unpaired) electrons. The van der Waals surface area contributed by atoms with Gasteiger partial charge in [-0.05, 0) is 24.5 Å². The molecule has 1 aromatic carbocycles. The smallest absolute Gasteiger partial charge is 0.224 e. The van der Waals surface area contributed by atoms with Crippen molar-refractivity contribution in [2.75, 3.05) is 6.54 Å². The zero-order valence-corrected chi connectivity index (χ0v) is 10.5. The molecule has 18 heavy (non-hydrogen) atoms. The lowest BCUT2D eigenvalue weighted by Crippen LogP contribution is -2.45. The molecule has 96 valence electrons. The van der Waals surface area contributed by atoms with E-state index in [2.05, 4.69) is 10.6 Å². The zero-order valence-electron chi connectivity index (χ0n) is 10.5. The van der Waals surface area contributed by atoms with Crippen molar-refractivity contribution >= 4 is 11.8 Å². The highest BCUT2D eigenvalue weighted by Gasteiger charge is 2.20. The van der Waals surface area contributed by atoms with Crippen LogP contribution in [0.5, 0.6) is 0 Å². The summed E-state index contributed by atoms with van der Waals surface area (Å²) in [7, 11) is 0. The van der Waals surface area contributed by atoms with Gasteiger partial charge in [0.2, 0.25) is 11.8 Å². The summed E-state index contributed by atoms with van der Waals surface area (Å²) in [5, 5.41) is 5.68. The summed E-state index contributed by atoms with van der Waals surface area (Å²) in [4.78, 5) is 23.1. The maximum absolute atomic E-state index is 11.9. The van der Waals surface area contributed by atoms with Crippen LogP contribution in [0.3, 0.4) is 0 Å². The van der Waals surface area contributed by atoms with E-state index in [1.165, 1.54) is 0 Å². The van der Waals surface area contributed by atoms with Gasteiger partial charge in [0, 0.05) is 19.0 Å². The van der Waals surface area contributed by atoms with Gasteiger partial charge in [0.1, 0.15) is 0 Å². The minimum Gasteiger partial charge on any atom is -0.356 e. The Balaban J connectivity index is 1.89. The van der Waals surface area contributed by atoms with E-state index in [1.54, 1.807) is 0 Å². The molecule has 2 rings (SSSR count). The molecule has 0 saturated carbocycles. The fraction of sp³-hybridized carbons (Fsp3) is 0.429. The monoisotopic (exact) mass is 246 g/mol. The van der Waals surface area contributed by atoms with Crippen LogP contribution in [0.4, 0.5) is 0 Å². The quantitative estimate of drug-likeness (QED) is 0.833. The third-order valence-corrected chi connectivity index (χ3v) is 3.22. The lowest BCUT2D eigenvalue weighted by atomic mass is 10.0. The van der Waals surface area contributed by atoms with Gasteiger partial charge in [0.25, 0.3) is 0 Å². The molecular formula is C14H18N2O2. The number of carbonyl (C=O) groups is 2. The molecule has 0 bridgehead atoms. The van der Waals surface area contributed by atoms with E-state index in [1.807, 2.05) is 31.2 Å². The first-order chi connectivity index (χ1) is 8.65. The summed E-state index contributed by atoms with van der Waals surface area (Å²) in [6.45, 7) is 2.64. The van der Waals surface area contributed by atoms with Crippen LogP contribution in [-0.2, 0) is 16.0 Å². The third-order valence-electron chi connectivity index (χ3n) is 3.22. The molecule has 1 aromatic rings. The van der Waals surface area contributed by atoms with Gasteiger partial charge in [-0.15, -0.1) is 0 Å². The van der Waals surface area contributed by atoms with E-state index < -0.39 is 0 Å². The van der Waals surface area contributed by atoms with Gasteiger partial charge in [-0.1, -0.05) is 24.3 Å². The van der Waals surface area contributed by atoms with Crippen LogP contribution in [0.2, 0.25) is 0 Å². The van der Waals surface area contributed by atoms with Crippen molar-refractivity contribution in [1.29, 1.82) is 0 Å². The van der Waals surface area contributed by atoms with Gasteiger partial charge < -0.3 is 10.6 Å². The van der Waals surface area contributed by atoms with Crippen LogP contribution in [0.1, 0.15) is 24.0 Å². The minimum absolute atomic E-state index is 0.0102. The van der Waals surface area contributed by atoms with Crippen LogP contribution in [0, 0.1) is 6.92 Å². The predicted molar refractivity (Wildman–Crippen MR) is 69.1 cm³/mol. The minimum atomic E-state index is -0.0183. The van der Waals surface area contributed by atoms with Crippen LogP contribution in [0.15, 0.2) is 24.3 Å². The molecule has 1 heterocycles. The number of aryl methyl sites for hydroxylation is 1. The highest BCUT2D eigenvalue weighted by atomic mass is 16.2. The average Bonchev–Trinajstić information content (AvgIpc) is 2.32. The molecule has 0 aliphatic carbocycles. The summed E-state index contributed by atoms with van der Waals surface area (Å²) >= 11 is 0. The van der Waals surface area contributed by atoms with E-state index in [4.69, 9.17) is 0 Å². The average molecular weight is 246 g/mol. The molecule has 1 aliphatic heterocycles. The summed E-state index contributed by atoms with van der Waals surface area (Å²) in [6.07, 6.45) is 1.58. The van der Waals surface area contributed by atoms with Gasteiger partial charge in [-0.3, -0.25) is 9.59 Å². The first kappa shape index (κ1) is 12.6. The molecule has 4 heteroatoms. The normalized spacial score (nSPS) is 19.2. The summed E-state index contributed by atoms with van der Waals surface area (Å²) in [6, 6.07) is 7.83. The Labute approximate surface area is 107 Å². The van der Waals surface area contributed by atoms with Crippen LogP contribution in [0.25, 0.3) is 0 Å². The number of benzene rings is 1. The summed E-state index contributed by atoms with van der Waals surface area (Å²) in [5.74, 6) is 0.00596. The standard InChI is InChI=1S/C14H18N2O2/c1-10-4-2-3-5-11(10)8-14(18)16-12-6-7-15-13(17)9-12/h2-5,12H,6-9H2,1H3,(H,15,17)(H,16,18). The number of hydrogen-bond donors (Lipinski definition) is 2. The molecule has 1 aliphatic rings. The maximum Gasteiger partial charge on any atom is 0.224 e. The fourth-order valence-electron chi connectivity index (χ4n) is 2.17. The molecule has 0 spiro atoms. The second-order valence-corrected chi connectivity index (χ2v) is 4.71. The second kappa shape index (κ2) is 5.67. The van der Waals surface area contributed by atoms with Crippen molar-refractivity contribution in [3.8, 4) is 0 Å². The lowest BCUT2D eigenvalue weighted by Gasteiger charge is -2.23. The maximum atomic E-state index is 11.9. The SMILES string of the molecule is Cc1ccccc1CC(=O)NC1CCNC(=O)C1. The van der Waals surface area contributed by atoms with Crippen molar-refractivity contribution in [2.24, 2.45) is 0 Å². The molecule has 4 nitrogen and oxygen atoms in total. The van der Waals surface area contributed by atoms with Gasteiger partial charge in [-0.2, -0.15) is 0 Å². The molecule has 0 aromatic heterocycles. The third kappa shape index (κ3) is 3.32. The number of amides is 2. The zero-order chi connectivity index (χ0) is 13.0. The van der Waals surface area contributed by atoms with Crippen LogP contribution >= 0.6 is 0 Å². The first-order valence-corrected chi connectivity index (χ1v) is 6.25. The Hall–Kier alpha value is -1.84. The Morgan fingerprint density at radius 3 is 2.94 bits per heavy atom. The Morgan fingerprint density at radius 2 is 2.22 bits per heavy atom. The van der Waals surface area contributed by atoms with Crippen molar-refractivity contribution in [2.45, 2.75) is 32.2 Å². The van der Waals surface area contributed by atoms with Crippen LogP contribution in [-0.4, -0.2) is 24.4 Å². The topological polar surface area (TPSA) is 58.2 Å². The predicted octanol–water partition coefficient (Wildman–Crippen LogP) is 0.932. The highest BCUT2D eigenvalue weighted by molar-refractivity contribution is 5.81. The molecular weight excluding hydrogens is 228 g/mol. The Morgan fingerprint density at radius 1 is 1.44 bits per heavy atom. The van der Waals surface area contributed by atoms with E-state index in [-0.39, 0.29) is 17.9 Å². The van der Waals surface area contributed by atoms with Crippen LogP contribution < -0.4 is 10.6 Å². The fourth-order valence-corrected chi connectivity index (χ4v) is 2.17. The molecule has 1 atom stereocenters. The highest BCUT2D eigenvalue weighted by Crippen LogP contribution is 2.09. The molecule has 1 unspecified atom stereocenters. The van der Waals surface area contributed by atoms with Crippen molar-refractivity contribution in [3.05, 3.63) is 35.4 Å². The van der Waals surface area contributed by atoms with Crippen molar-refractivity contribution in [3.63, 3.8) is 0 Å². The Kier molecular flexibility index (Phi) is 3.97. The number of hydrogen-bond acceptors (Lipinski definition) is 2. The van der Waals surface area contributed by atoms with E-state index >= 15 is 0 Å². The Bertz CT molecular complexity index is 457. The molecule has 2 amide bonds. The van der Waals surface area contributed by atoms with Gasteiger partial charge in [-0.25, -0.2) is 0 Å². The molecule has 1 fully saturated rings. The lowest BCUT2D eigenvalue weighted by molar-refractivity contribution is -0.124. The number of piperidine rings is 1. The van der Waals surface area contributed by atoms with E-state index in [0.29, 0.717) is 19.4 Å². The van der Waals surface area contributed by atoms with Gasteiger partial charge >= 0.3 is 0 Å². The molecule has 1 saturated heterocycles. The van der Waals surface area contributed by atoms with E-state index in [0.717, 1.165) is 17.5 Å². The summed E-state index contributed by atoms with van der Waals surface area (Å²) < 4.78 is 0. The largest absolute Gasteiger partial charge is 0.356 e. The number of rotatable bonds is 3. The molecule has 2 N–H and O–H groups in total.